The van der Waals surface area contributed by atoms with Crippen LogP contribution < -0.4 is 10.6 Å². The first-order valence-corrected chi connectivity index (χ1v) is 11.9. The number of aromatic nitrogens is 2. The molecule has 0 aliphatic carbocycles. The zero-order valence-electron chi connectivity index (χ0n) is 19.6. The summed E-state index contributed by atoms with van der Waals surface area (Å²) in [6, 6.07) is 13.3. The molecule has 35 heavy (non-hydrogen) atoms. The molecule has 2 aliphatic rings. The van der Waals surface area contributed by atoms with Gasteiger partial charge in [-0.2, -0.15) is 0 Å². The fraction of sp³-hybridized carbons (Fsp3) is 0.360. The summed E-state index contributed by atoms with van der Waals surface area (Å²) in [5.74, 6) is 1.01. The molecule has 3 aromatic rings. The van der Waals surface area contributed by atoms with Crippen LogP contribution in [0, 0.1) is 12.3 Å². The zero-order chi connectivity index (χ0) is 24.6. The lowest BCUT2D eigenvalue weighted by molar-refractivity contribution is -0.133. The Morgan fingerprint density at radius 1 is 1.17 bits per heavy atom. The lowest BCUT2D eigenvalue weighted by Gasteiger charge is -2.45. The van der Waals surface area contributed by atoms with Gasteiger partial charge in [0, 0.05) is 37.4 Å². The number of aryl methyl sites for hydroxylation is 1. The van der Waals surface area contributed by atoms with Gasteiger partial charge in [0.25, 0.3) is 0 Å². The molecule has 0 unspecified atom stereocenters. The van der Waals surface area contributed by atoms with E-state index in [1.54, 1.807) is 11.8 Å². The number of ether oxygens (including phenoxy) is 1. The number of hydrogen-bond donors (Lipinski definition) is 3. The molecule has 5 rings (SSSR count). The van der Waals surface area contributed by atoms with Crippen LogP contribution in [0.15, 0.2) is 46.9 Å². The van der Waals surface area contributed by atoms with Crippen LogP contribution in [-0.4, -0.2) is 46.2 Å². The highest BCUT2D eigenvalue weighted by atomic mass is 35.5. The summed E-state index contributed by atoms with van der Waals surface area (Å²) >= 11 is 6.84. The molecule has 10 heteroatoms. The van der Waals surface area contributed by atoms with E-state index in [0.29, 0.717) is 35.7 Å². The maximum Gasteiger partial charge on any atom is 0.247 e. The van der Waals surface area contributed by atoms with Crippen LogP contribution in [0.2, 0.25) is 5.02 Å². The number of amides is 1. The molecule has 3 heterocycles. The summed E-state index contributed by atoms with van der Waals surface area (Å²) in [4.78, 5) is 14.7. The van der Waals surface area contributed by atoms with Crippen LogP contribution in [0.3, 0.4) is 0 Å². The maximum atomic E-state index is 13.2. The summed E-state index contributed by atoms with van der Waals surface area (Å²) in [6.07, 6.45) is 1.67. The molecule has 0 radical (unpaired) electrons. The smallest absolute Gasteiger partial charge is 0.247 e. The minimum absolute atomic E-state index is 0.0108. The molecule has 1 amide bonds. The van der Waals surface area contributed by atoms with Crippen LogP contribution in [-0.2, 0) is 15.1 Å². The third kappa shape index (κ3) is 4.61. The highest BCUT2D eigenvalue weighted by molar-refractivity contribution is 6.34. The largest absolute Gasteiger partial charge is 0.421 e. The monoisotopic (exact) mass is 494 g/mol. The Hall–Kier alpha value is -3.43. The summed E-state index contributed by atoms with van der Waals surface area (Å²) in [5.41, 5.74) is 2.32. The van der Waals surface area contributed by atoms with Crippen LogP contribution in [0.1, 0.15) is 37.6 Å². The minimum Gasteiger partial charge on any atom is -0.421 e. The van der Waals surface area contributed by atoms with E-state index in [2.05, 4.69) is 20.8 Å². The quantitative estimate of drug-likeness (QED) is 0.474. The molecule has 0 bridgehead atoms. The Morgan fingerprint density at radius 3 is 2.57 bits per heavy atom. The number of carbonyl (C=O) groups excluding carboxylic acids is 1. The van der Waals surface area contributed by atoms with E-state index in [0.717, 1.165) is 29.7 Å². The number of carbonyl (C=O) groups is 1. The topological polar surface area (TPSA) is 116 Å². The van der Waals surface area contributed by atoms with Gasteiger partial charge >= 0.3 is 0 Å². The van der Waals surface area contributed by atoms with Gasteiger partial charge < -0.3 is 19.8 Å². The van der Waals surface area contributed by atoms with Gasteiger partial charge in [0.1, 0.15) is 0 Å². The van der Waals surface area contributed by atoms with Crippen LogP contribution in [0.5, 0.6) is 0 Å². The lowest BCUT2D eigenvalue weighted by Crippen LogP contribution is -2.62. The summed E-state index contributed by atoms with van der Waals surface area (Å²) in [6.45, 7) is 4.87. The first kappa shape index (κ1) is 23.3. The average Bonchev–Trinajstić information content (AvgIpc) is 3.27. The van der Waals surface area contributed by atoms with E-state index in [4.69, 9.17) is 26.2 Å². The van der Waals surface area contributed by atoms with Gasteiger partial charge in [-0.1, -0.05) is 23.7 Å². The Labute approximate surface area is 208 Å². The number of guanidine groups is 1. The van der Waals surface area contributed by atoms with Crippen molar-refractivity contribution in [3.8, 4) is 11.5 Å². The normalized spacial score (nSPS) is 21.2. The second-order valence-corrected chi connectivity index (χ2v) is 9.46. The van der Waals surface area contributed by atoms with Gasteiger partial charge in [-0.05, 0) is 55.7 Å². The van der Waals surface area contributed by atoms with Gasteiger partial charge in [0.2, 0.25) is 17.7 Å². The van der Waals surface area contributed by atoms with Gasteiger partial charge in [0.05, 0.1) is 22.7 Å². The van der Waals surface area contributed by atoms with Crippen molar-refractivity contribution in [2.24, 2.45) is 0 Å². The molecule has 2 saturated heterocycles. The number of hydrogen-bond acceptors (Lipinski definition) is 7. The number of halogens is 1. The molecule has 1 atom stereocenters. The number of nitrogens with zero attached hydrogens (tertiary/aromatic N) is 3. The van der Waals surface area contributed by atoms with E-state index in [1.165, 1.54) is 0 Å². The molecule has 3 N–H and O–H groups in total. The first-order chi connectivity index (χ1) is 16.8. The van der Waals surface area contributed by atoms with Gasteiger partial charge in [-0.15, -0.1) is 10.2 Å². The molecule has 0 spiro atoms. The predicted molar refractivity (Wildman–Crippen MR) is 133 cm³/mol. The van der Waals surface area contributed by atoms with Crippen LogP contribution in [0.4, 0.5) is 11.4 Å². The molecule has 1 aromatic heterocycles. The Bertz CT molecular complexity index is 1230. The van der Waals surface area contributed by atoms with Crippen molar-refractivity contribution in [3.63, 3.8) is 0 Å². The number of nitrogens with one attached hydrogen (secondary N) is 3. The number of rotatable bonds is 5. The van der Waals surface area contributed by atoms with Crippen molar-refractivity contribution in [1.82, 2.24) is 20.4 Å². The molecular weight excluding hydrogens is 468 g/mol. The van der Waals surface area contributed by atoms with Crippen molar-refractivity contribution < 1.29 is 13.9 Å². The standard InChI is InChI=1S/C25H27ClN6O3/c1-15-30-31-23(35-15)16-6-8-17(9-7-16)28-20-5-3-4-19(22(20)26)25(2)14-21(33)32(24(27)29-25)18-10-12-34-13-11-18/h3-9,18,28H,10-14H2,1-2H3,(H2,27,29)/t25-/m0/s1. The van der Waals surface area contributed by atoms with E-state index >= 15 is 0 Å². The maximum absolute atomic E-state index is 13.2. The van der Waals surface area contributed by atoms with Crippen molar-refractivity contribution in [2.75, 3.05) is 18.5 Å². The van der Waals surface area contributed by atoms with E-state index in [9.17, 15) is 4.79 Å². The summed E-state index contributed by atoms with van der Waals surface area (Å²) in [7, 11) is 0. The van der Waals surface area contributed by atoms with E-state index in [1.807, 2.05) is 49.4 Å². The molecule has 9 nitrogen and oxygen atoms in total. The van der Waals surface area contributed by atoms with Crippen molar-refractivity contribution in [3.05, 3.63) is 58.9 Å². The molecular formula is C25H27ClN6O3. The Kier molecular flexibility index (Phi) is 6.21. The second-order valence-electron chi connectivity index (χ2n) is 9.09. The molecule has 2 aromatic carbocycles. The molecule has 182 valence electrons. The fourth-order valence-electron chi connectivity index (χ4n) is 4.69. The van der Waals surface area contributed by atoms with Crippen molar-refractivity contribution >= 4 is 34.8 Å². The van der Waals surface area contributed by atoms with Gasteiger partial charge in [-0.3, -0.25) is 15.1 Å². The SMILES string of the molecule is Cc1nnc(-c2ccc(Nc3cccc([C@]4(C)CC(=O)N(C5CCOCC5)C(=N)N4)c3Cl)cc2)o1. The third-order valence-electron chi connectivity index (χ3n) is 6.49. The van der Waals surface area contributed by atoms with Gasteiger partial charge in [-0.25, -0.2) is 0 Å². The summed E-state index contributed by atoms with van der Waals surface area (Å²) < 4.78 is 10.9. The number of benzene rings is 2. The van der Waals surface area contributed by atoms with Gasteiger partial charge in [0.15, 0.2) is 5.96 Å². The Balaban J connectivity index is 1.35. The summed E-state index contributed by atoms with van der Waals surface area (Å²) in [5, 5.41) is 23.6. The molecule has 2 aliphatic heterocycles. The average molecular weight is 495 g/mol. The minimum atomic E-state index is -0.801. The number of anilines is 2. The Morgan fingerprint density at radius 2 is 1.91 bits per heavy atom. The van der Waals surface area contributed by atoms with Crippen molar-refractivity contribution in [2.45, 2.75) is 44.7 Å². The first-order valence-electron chi connectivity index (χ1n) is 11.6. The van der Waals surface area contributed by atoms with Crippen LogP contribution in [0.25, 0.3) is 11.5 Å². The molecule has 2 fully saturated rings. The third-order valence-corrected chi connectivity index (χ3v) is 6.90. The second kappa shape index (κ2) is 9.31. The lowest BCUT2D eigenvalue weighted by atomic mass is 9.85. The molecule has 0 saturated carbocycles. The highest BCUT2D eigenvalue weighted by Gasteiger charge is 2.43. The zero-order valence-corrected chi connectivity index (χ0v) is 20.4. The predicted octanol–water partition coefficient (Wildman–Crippen LogP) is 4.59. The van der Waals surface area contributed by atoms with E-state index < -0.39 is 5.54 Å². The fourth-order valence-corrected chi connectivity index (χ4v) is 5.07. The van der Waals surface area contributed by atoms with Crippen LogP contribution >= 0.6 is 11.6 Å². The highest BCUT2D eigenvalue weighted by Crippen LogP contribution is 2.39. The van der Waals surface area contributed by atoms with Crippen molar-refractivity contribution in [1.29, 1.82) is 5.41 Å². The van der Waals surface area contributed by atoms with E-state index in [-0.39, 0.29) is 24.3 Å².